The molecule has 4 rings (SSSR count). The lowest BCUT2D eigenvalue weighted by Gasteiger charge is -2.50. The van der Waals surface area contributed by atoms with Gasteiger partial charge in [0.25, 0.3) is 17.7 Å². The predicted molar refractivity (Wildman–Crippen MR) is 139 cm³/mol. The first kappa shape index (κ1) is 27.3. The number of primary amides is 1. The van der Waals surface area contributed by atoms with E-state index in [0.717, 1.165) is 16.2 Å². The van der Waals surface area contributed by atoms with Crippen LogP contribution >= 0.6 is 34.4 Å². The topological polar surface area (TPSA) is 200 Å². The van der Waals surface area contributed by atoms with Crippen LogP contribution in [0.15, 0.2) is 21.8 Å². The summed E-state index contributed by atoms with van der Waals surface area (Å²) in [4.78, 5) is 61.9. The largest absolute Gasteiger partial charge is 0.543 e. The molecule has 1 saturated heterocycles. The van der Waals surface area contributed by atoms with Gasteiger partial charge >= 0.3 is 5.13 Å². The number of likely N-dealkylation sites (N-methyl/N-ethyl adjacent to an activating group) is 1. The smallest absolute Gasteiger partial charge is 0.336 e. The van der Waals surface area contributed by atoms with Crippen LogP contribution in [0.25, 0.3) is 0 Å². The number of aromatic nitrogens is 2. The number of thiazole rings is 2. The van der Waals surface area contributed by atoms with E-state index in [9.17, 15) is 24.3 Å². The van der Waals surface area contributed by atoms with Gasteiger partial charge in [0.15, 0.2) is 10.8 Å². The van der Waals surface area contributed by atoms with Crippen LogP contribution < -0.4 is 31.4 Å². The highest BCUT2D eigenvalue weighted by atomic mass is 32.2. The molecule has 17 heteroatoms. The molecule has 38 heavy (non-hydrogen) atoms. The van der Waals surface area contributed by atoms with Crippen molar-refractivity contribution in [2.45, 2.75) is 18.3 Å². The molecule has 0 spiro atoms. The van der Waals surface area contributed by atoms with E-state index in [4.69, 9.17) is 16.3 Å². The second kappa shape index (κ2) is 10.6. The predicted octanol–water partition coefficient (Wildman–Crippen LogP) is -2.09. The molecule has 2 unspecified atom stereocenters. The highest BCUT2D eigenvalue weighted by molar-refractivity contribution is 8.00. The molecule has 2 aliphatic heterocycles. The second-order valence-electron chi connectivity index (χ2n) is 8.37. The van der Waals surface area contributed by atoms with E-state index in [1.807, 2.05) is 0 Å². The molecule has 2 aliphatic rings. The summed E-state index contributed by atoms with van der Waals surface area (Å²) in [6, 6.07) is -0.991. The van der Waals surface area contributed by atoms with E-state index < -0.39 is 35.1 Å². The van der Waals surface area contributed by atoms with Crippen molar-refractivity contribution in [1.29, 1.82) is 0 Å². The summed E-state index contributed by atoms with van der Waals surface area (Å²) >= 11 is 3.61. The van der Waals surface area contributed by atoms with Gasteiger partial charge < -0.3 is 31.5 Å². The Kier molecular flexibility index (Phi) is 7.61. The monoisotopic (exact) mass is 580 g/mol. The maximum Gasteiger partial charge on any atom is 0.336 e. The normalized spacial score (nSPS) is 19.1. The van der Waals surface area contributed by atoms with Crippen LogP contribution in [0.5, 0.6) is 0 Å². The number of oxime groups is 1. The molecule has 2 aromatic rings. The van der Waals surface area contributed by atoms with Crippen LogP contribution in [-0.4, -0.2) is 77.2 Å². The fourth-order valence-corrected chi connectivity index (χ4v) is 7.09. The van der Waals surface area contributed by atoms with Crippen LogP contribution in [-0.2, 0) is 26.3 Å². The Morgan fingerprint density at radius 3 is 2.68 bits per heavy atom. The molecular weight excluding hydrogens is 556 g/mol. The average molecular weight is 581 g/mol. The number of thioether (sulfide) groups is 1. The minimum atomic E-state index is -1.50. The summed E-state index contributed by atoms with van der Waals surface area (Å²) in [5.41, 5.74) is 12.0. The number of fused-ring (bicyclic) bond motifs is 1. The van der Waals surface area contributed by atoms with Gasteiger partial charge in [-0.2, -0.15) is 0 Å². The number of hydrogen-bond donors (Lipinski definition) is 3. The van der Waals surface area contributed by atoms with Crippen molar-refractivity contribution >= 4 is 74.1 Å². The number of hydrogen-bond acceptors (Lipinski definition) is 13. The summed E-state index contributed by atoms with van der Waals surface area (Å²) < 4.78 is 1.79. The highest BCUT2D eigenvalue weighted by Crippen LogP contribution is 2.40. The Morgan fingerprint density at radius 1 is 1.42 bits per heavy atom. The van der Waals surface area contributed by atoms with E-state index >= 15 is 0 Å². The van der Waals surface area contributed by atoms with Gasteiger partial charge in [-0.25, -0.2) is 9.55 Å². The summed E-state index contributed by atoms with van der Waals surface area (Å²) in [6.07, 6.45) is 0. The van der Waals surface area contributed by atoms with E-state index in [1.165, 1.54) is 35.6 Å². The minimum Gasteiger partial charge on any atom is -0.543 e. The van der Waals surface area contributed by atoms with Crippen molar-refractivity contribution in [3.8, 4) is 0 Å². The van der Waals surface area contributed by atoms with Crippen molar-refractivity contribution in [1.82, 2.24) is 15.2 Å². The van der Waals surface area contributed by atoms with Gasteiger partial charge in [-0.15, -0.1) is 23.1 Å². The quantitative estimate of drug-likeness (QED) is 0.128. The average Bonchev–Trinajstić information content (AvgIpc) is 3.42. The third kappa shape index (κ3) is 4.79. The molecule has 1 fully saturated rings. The third-order valence-corrected chi connectivity index (χ3v) is 9.46. The molecule has 14 nitrogen and oxygen atoms in total. The molecule has 202 valence electrons. The number of carbonyl (C=O) groups excluding carboxylic acids is 4. The molecule has 3 amide bonds. The van der Waals surface area contributed by atoms with Gasteiger partial charge in [0.2, 0.25) is 0 Å². The van der Waals surface area contributed by atoms with Gasteiger partial charge in [-0.1, -0.05) is 5.16 Å². The number of aliphatic carboxylic acids is 1. The number of β-lactam (4-membered cyclic amide) rings is 1. The van der Waals surface area contributed by atoms with Crippen LogP contribution in [0.1, 0.15) is 21.1 Å². The first-order valence-corrected chi connectivity index (χ1v) is 13.7. The molecular formula is C21H24N8O6S3. The number of carboxylic acids is 1. The molecule has 2 aromatic heterocycles. The molecule has 0 radical (unpaired) electrons. The second-order valence-corrected chi connectivity index (χ2v) is 11.3. The van der Waals surface area contributed by atoms with Gasteiger partial charge in [0, 0.05) is 16.7 Å². The van der Waals surface area contributed by atoms with Gasteiger partial charge in [0.05, 0.1) is 25.8 Å². The lowest BCUT2D eigenvalue weighted by Crippen LogP contribution is -2.71. The van der Waals surface area contributed by atoms with Gasteiger partial charge in [-0.05, 0) is 18.3 Å². The van der Waals surface area contributed by atoms with Crippen LogP contribution in [0.4, 0.5) is 10.3 Å². The van der Waals surface area contributed by atoms with Gasteiger partial charge in [-0.3, -0.25) is 24.2 Å². The van der Waals surface area contributed by atoms with E-state index in [0.29, 0.717) is 21.3 Å². The van der Waals surface area contributed by atoms with Crippen LogP contribution in [0.3, 0.4) is 0 Å². The number of nitrogens with two attached hydrogens (primary N) is 2. The summed E-state index contributed by atoms with van der Waals surface area (Å²) in [5, 5.41) is 20.2. The van der Waals surface area contributed by atoms with Crippen molar-refractivity contribution in [2.24, 2.45) is 17.9 Å². The van der Waals surface area contributed by atoms with E-state index in [2.05, 4.69) is 15.5 Å². The lowest BCUT2D eigenvalue weighted by atomic mass is 10.0. The molecule has 0 saturated carbocycles. The Balaban J connectivity index is 1.54. The van der Waals surface area contributed by atoms with Crippen molar-refractivity contribution in [3.05, 3.63) is 32.9 Å². The Hall–Kier alpha value is -3.70. The number of nitrogens with one attached hydrogen (secondary N) is 1. The number of nitrogens with zero attached hydrogens (tertiary/aromatic N) is 5. The molecule has 4 heterocycles. The van der Waals surface area contributed by atoms with E-state index in [-0.39, 0.29) is 34.5 Å². The number of anilines is 2. The molecule has 0 aromatic carbocycles. The summed E-state index contributed by atoms with van der Waals surface area (Å²) in [7, 11) is 4.78. The number of amides is 3. The molecule has 0 aliphatic carbocycles. The summed E-state index contributed by atoms with van der Waals surface area (Å²) in [5.74, 6) is -3.10. The number of nitrogen functional groups attached to an aromatic ring is 1. The van der Waals surface area contributed by atoms with Crippen LogP contribution in [0.2, 0.25) is 0 Å². The molecule has 5 N–H and O–H groups in total. The maximum absolute atomic E-state index is 13.0. The van der Waals surface area contributed by atoms with E-state index in [1.54, 1.807) is 30.5 Å². The van der Waals surface area contributed by atoms with Crippen LogP contribution in [0, 0.1) is 6.92 Å². The Labute approximate surface area is 228 Å². The Morgan fingerprint density at radius 2 is 2.13 bits per heavy atom. The maximum atomic E-state index is 13.0. The standard InChI is InChI=1S/C21H24N8O6S3/c1-8-14(15(22)30)38-21(28(8)3)27(2)5-9-6-36-18-12(17(32)29(18)13(9)19(33)34)25-16(31)11(26-35-4)10-7-37-20(23)24-10/h7,12,18H,5-6H2,1-4H3,(H5-,22,23,24,25,30,31,33,34)/b26-11-. The zero-order valence-corrected chi connectivity index (χ0v) is 23.2. The fourth-order valence-electron chi connectivity index (χ4n) is 4.14. The molecule has 0 bridgehead atoms. The first-order chi connectivity index (χ1) is 18.0. The number of rotatable bonds is 9. The number of carbonyl (C=O) groups is 4. The summed E-state index contributed by atoms with van der Waals surface area (Å²) in [6.45, 7) is 1.92. The Bertz CT molecular complexity index is 1400. The van der Waals surface area contributed by atoms with Gasteiger partial charge in [0.1, 0.15) is 41.3 Å². The van der Waals surface area contributed by atoms with Crippen molar-refractivity contribution < 1.29 is 33.7 Å². The van der Waals surface area contributed by atoms with Crippen molar-refractivity contribution in [3.63, 3.8) is 0 Å². The number of carboxylic acid groups (broad SMARTS) is 1. The zero-order valence-electron chi connectivity index (χ0n) is 20.7. The highest BCUT2D eigenvalue weighted by Gasteiger charge is 2.53. The third-order valence-electron chi connectivity index (χ3n) is 5.98. The zero-order chi connectivity index (χ0) is 27.9. The lowest BCUT2D eigenvalue weighted by molar-refractivity contribution is -0.660. The fraction of sp³-hybridized carbons (Fsp3) is 0.381. The molecule has 2 atom stereocenters. The van der Waals surface area contributed by atoms with Crippen molar-refractivity contribution in [2.75, 3.05) is 37.1 Å². The minimum absolute atomic E-state index is 0.158. The first-order valence-electron chi connectivity index (χ1n) is 11.0. The SMILES string of the molecule is CO/N=C(\C(=O)NC1C(=O)N2C(C(=O)[O-])=C(CN(C)c3sc(C(N)=O)c(C)[n+]3C)CSC12)c1csc(N)n1.